The summed E-state index contributed by atoms with van der Waals surface area (Å²) in [7, 11) is 0. The van der Waals surface area contributed by atoms with Crippen LogP contribution in [0.15, 0.2) is 42.5 Å². The number of primary amides is 1. The maximum atomic E-state index is 13.5. The van der Waals surface area contributed by atoms with Crippen molar-refractivity contribution >= 4 is 11.6 Å². The van der Waals surface area contributed by atoms with Crippen LogP contribution in [0.2, 0.25) is 0 Å². The van der Waals surface area contributed by atoms with Gasteiger partial charge in [-0.3, -0.25) is 14.9 Å². The third kappa shape index (κ3) is 2.57. The number of nitro groups is 1. The summed E-state index contributed by atoms with van der Waals surface area (Å²) in [6, 6.07) is 9.86. The molecule has 0 aliphatic heterocycles. The molecule has 0 bridgehead atoms. The highest BCUT2D eigenvalue weighted by Gasteiger charge is 2.14. The highest BCUT2D eigenvalue weighted by Crippen LogP contribution is 2.26. The Morgan fingerprint density at radius 2 is 1.84 bits per heavy atom. The Morgan fingerprint density at radius 1 is 1.16 bits per heavy atom. The van der Waals surface area contributed by atoms with Gasteiger partial charge >= 0.3 is 5.69 Å². The summed E-state index contributed by atoms with van der Waals surface area (Å²) >= 11 is 0. The lowest BCUT2D eigenvalue weighted by Crippen LogP contribution is -2.10. The molecule has 0 unspecified atom stereocenters. The second-order valence-corrected chi connectivity index (χ2v) is 3.87. The number of nitro benzene ring substituents is 1. The molecule has 96 valence electrons. The van der Waals surface area contributed by atoms with Crippen molar-refractivity contribution in [3.8, 4) is 11.1 Å². The monoisotopic (exact) mass is 260 g/mol. The maximum Gasteiger partial charge on any atom is 0.304 e. The summed E-state index contributed by atoms with van der Waals surface area (Å²) in [5, 5.41) is 10.5. The van der Waals surface area contributed by atoms with E-state index < -0.39 is 22.3 Å². The normalized spacial score (nSPS) is 10.2. The van der Waals surface area contributed by atoms with Crippen LogP contribution in [-0.4, -0.2) is 10.8 Å². The number of carbonyl (C=O) groups is 1. The molecule has 0 atom stereocenters. The third-order valence-electron chi connectivity index (χ3n) is 2.62. The molecule has 6 heteroatoms. The van der Waals surface area contributed by atoms with E-state index in [-0.39, 0.29) is 5.56 Å². The summed E-state index contributed by atoms with van der Waals surface area (Å²) in [4.78, 5) is 20.8. The molecule has 5 nitrogen and oxygen atoms in total. The van der Waals surface area contributed by atoms with E-state index in [2.05, 4.69) is 0 Å². The zero-order chi connectivity index (χ0) is 14.0. The summed E-state index contributed by atoms with van der Waals surface area (Å²) < 4.78 is 13.5. The first-order valence-electron chi connectivity index (χ1n) is 5.33. The molecule has 0 spiro atoms. The van der Waals surface area contributed by atoms with Crippen molar-refractivity contribution in [1.29, 1.82) is 0 Å². The Bertz CT molecular complexity index is 671. The first kappa shape index (κ1) is 12.7. The van der Waals surface area contributed by atoms with Crippen molar-refractivity contribution in [3.63, 3.8) is 0 Å². The largest absolute Gasteiger partial charge is 0.366 e. The number of rotatable bonds is 3. The molecule has 2 aromatic carbocycles. The number of nitrogens with zero attached hydrogens (tertiary/aromatic N) is 1. The van der Waals surface area contributed by atoms with Crippen LogP contribution in [0.3, 0.4) is 0 Å². The smallest absolute Gasteiger partial charge is 0.304 e. The molecule has 0 saturated heterocycles. The van der Waals surface area contributed by atoms with Gasteiger partial charge in [-0.2, -0.15) is 4.39 Å². The number of amides is 1. The van der Waals surface area contributed by atoms with E-state index in [1.54, 1.807) is 12.1 Å². The molecule has 2 rings (SSSR count). The number of hydrogen-bond donors (Lipinski definition) is 1. The number of hydrogen-bond acceptors (Lipinski definition) is 3. The van der Waals surface area contributed by atoms with Gasteiger partial charge in [0.05, 0.1) is 4.92 Å². The van der Waals surface area contributed by atoms with E-state index in [9.17, 15) is 19.3 Å². The number of benzene rings is 2. The quantitative estimate of drug-likeness (QED) is 0.679. The predicted octanol–water partition coefficient (Wildman–Crippen LogP) is 2.50. The minimum Gasteiger partial charge on any atom is -0.366 e. The number of nitrogens with two attached hydrogens (primary N) is 1. The topological polar surface area (TPSA) is 86.2 Å². The van der Waals surface area contributed by atoms with Gasteiger partial charge in [0, 0.05) is 11.6 Å². The van der Waals surface area contributed by atoms with Crippen LogP contribution >= 0.6 is 0 Å². The zero-order valence-corrected chi connectivity index (χ0v) is 9.67. The van der Waals surface area contributed by atoms with Crippen molar-refractivity contribution < 1.29 is 14.1 Å². The second-order valence-electron chi connectivity index (χ2n) is 3.87. The molecule has 1 amide bonds. The average Bonchev–Trinajstić information content (AvgIpc) is 2.38. The van der Waals surface area contributed by atoms with Crippen molar-refractivity contribution in [2.24, 2.45) is 5.73 Å². The molecule has 0 saturated carbocycles. The first-order chi connectivity index (χ1) is 8.99. The summed E-state index contributed by atoms with van der Waals surface area (Å²) in [6.45, 7) is 0. The van der Waals surface area contributed by atoms with Crippen molar-refractivity contribution in [2.45, 2.75) is 0 Å². The molecular formula is C13H9FN2O3. The van der Waals surface area contributed by atoms with E-state index in [0.29, 0.717) is 11.1 Å². The molecule has 2 N–H and O–H groups in total. The van der Waals surface area contributed by atoms with Crippen LogP contribution < -0.4 is 5.73 Å². The second kappa shape index (κ2) is 4.85. The number of halogens is 1. The van der Waals surface area contributed by atoms with Crippen LogP contribution in [0.25, 0.3) is 11.1 Å². The zero-order valence-electron chi connectivity index (χ0n) is 9.67. The van der Waals surface area contributed by atoms with E-state index in [1.165, 1.54) is 18.2 Å². The van der Waals surface area contributed by atoms with Crippen LogP contribution in [0.5, 0.6) is 0 Å². The van der Waals surface area contributed by atoms with Crippen LogP contribution in [-0.2, 0) is 0 Å². The van der Waals surface area contributed by atoms with Gasteiger partial charge < -0.3 is 5.73 Å². The van der Waals surface area contributed by atoms with E-state index >= 15 is 0 Å². The lowest BCUT2D eigenvalue weighted by molar-refractivity contribution is -0.387. The van der Waals surface area contributed by atoms with Gasteiger partial charge in [-0.15, -0.1) is 0 Å². The lowest BCUT2D eigenvalue weighted by atomic mass is 10.0. The average molecular weight is 260 g/mol. The third-order valence-corrected chi connectivity index (χ3v) is 2.62. The minimum absolute atomic E-state index is 0.288. The van der Waals surface area contributed by atoms with Crippen molar-refractivity contribution in [2.75, 3.05) is 0 Å². The fraction of sp³-hybridized carbons (Fsp3) is 0. The molecule has 0 radical (unpaired) electrons. The fourth-order valence-electron chi connectivity index (χ4n) is 1.69. The Balaban J connectivity index is 2.48. The van der Waals surface area contributed by atoms with Gasteiger partial charge in [-0.25, -0.2) is 0 Å². The molecule has 0 aromatic heterocycles. The molecule has 19 heavy (non-hydrogen) atoms. The summed E-state index contributed by atoms with van der Waals surface area (Å²) in [5.74, 6) is -1.52. The van der Waals surface area contributed by atoms with Gasteiger partial charge in [-0.1, -0.05) is 12.1 Å². The van der Waals surface area contributed by atoms with Gasteiger partial charge in [-0.05, 0) is 35.4 Å². The Morgan fingerprint density at radius 3 is 2.42 bits per heavy atom. The summed E-state index contributed by atoms with van der Waals surface area (Å²) in [5.41, 5.74) is 5.85. The van der Waals surface area contributed by atoms with E-state index in [1.807, 2.05) is 0 Å². The van der Waals surface area contributed by atoms with Crippen LogP contribution in [0, 0.1) is 15.9 Å². The van der Waals surface area contributed by atoms with Gasteiger partial charge in [0.2, 0.25) is 11.7 Å². The number of carbonyl (C=O) groups excluding carboxylic acids is 1. The van der Waals surface area contributed by atoms with Gasteiger partial charge in [0.25, 0.3) is 0 Å². The van der Waals surface area contributed by atoms with Crippen molar-refractivity contribution in [1.82, 2.24) is 0 Å². The highest BCUT2D eigenvalue weighted by molar-refractivity contribution is 5.94. The molecule has 2 aromatic rings. The predicted molar refractivity (Wildman–Crippen MR) is 67.0 cm³/mol. The van der Waals surface area contributed by atoms with Gasteiger partial charge in [0.15, 0.2) is 0 Å². The van der Waals surface area contributed by atoms with E-state index in [4.69, 9.17) is 5.73 Å². The van der Waals surface area contributed by atoms with Crippen LogP contribution in [0.4, 0.5) is 10.1 Å². The standard InChI is InChI=1S/C13H9FN2O3/c14-11-7-9(4-5-12(11)16(18)19)8-2-1-3-10(6-8)13(15)17/h1-7H,(H2,15,17). The Labute approximate surface area is 107 Å². The summed E-state index contributed by atoms with van der Waals surface area (Å²) in [6.07, 6.45) is 0. The SMILES string of the molecule is NC(=O)c1cccc(-c2ccc([N+](=O)[O-])c(F)c2)c1. The lowest BCUT2D eigenvalue weighted by Gasteiger charge is -2.04. The molecule has 0 heterocycles. The molecule has 0 aliphatic rings. The molecule has 0 fully saturated rings. The first-order valence-corrected chi connectivity index (χ1v) is 5.33. The van der Waals surface area contributed by atoms with Gasteiger partial charge in [0.1, 0.15) is 0 Å². The molecule has 0 aliphatic carbocycles. The van der Waals surface area contributed by atoms with Crippen LogP contribution in [0.1, 0.15) is 10.4 Å². The Hall–Kier alpha value is -2.76. The van der Waals surface area contributed by atoms with E-state index in [0.717, 1.165) is 12.1 Å². The Kier molecular flexibility index (Phi) is 3.24. The fourth-order valence-corrected chi connectivity index (χ4v) is 1.69. The maximum absolute atomic E-state index is 13.5. The minimum atomic E-state index is -0.924. The van der Waals surface area contributed by atoms with Crippen molar-refractivity contribution in [3.05, 3.63) is 64.0 Å². The highest BCUT2D eigenvalue weighted by atomic mass is 19.1. The molecular weight excluding hydrogens is 251 g/mol.